The summed E-state index contributed by atoms with van der Waals surface area (Å²) in [6.45, 7) is 3.04. The fourth-order valence-corrected chi connectivity index (χ4v) is 3.54. The van der Waals surface area contributed by atoms with Crippen LogP contribution in [-0.2, 0) is 11.2 Å². The predicted molar refractivity (Wildman–Crippen MR) is 112 cm³/mol. The fraction of sp³-hybridized carbons (Fsp3) is 0.478. The van der Waals surface area contributed by atoms with E-state index < -0.39 is 42.9 Å². The first-order valence-electron chi connectivity index (χ1n) is 10.2. The average molecular weight is 434 g/mol. The molecule has 0 radical (unpaired) electrons. The van der Waals surface area contributed by atoms with Crippen LogP contribution in [0.1, 0.15) is 36.6 Å². The lowest BCUT2D eigenvalue weighted by atomic mass is 9.96. The number of methoxy groups -OCH3 is 1. The minimum Gasteiger partial charge on any atom is -0.497 e. The Labute approximate surface area is 181 Å². The van der Waals surface area contributed by atoms with E-state index in [0.29, 0.717) is 17.7 Å². The van der Waals surface area contributed by atoms with Crippen LogP contribution in [0, 0.1) is 0 Å². The third kappa shape index (κ3) is 5.35. The number of ether oxygens (including phenoxy) is 3. The molecule has 170 valence electrons. The van der Waals surface area contributed by atoms with Crippen molar-refractivity contribution in [1.29, 1.82) is 0 Å². The molecular weight excluding hydrogens is 404 g/mol. The van der Waals surface area contributed by atoms with Gasteiger partial charge in [-0.3, -0.25) is 0 Å². The minimum absolute atomic E-state index is 0.353. The van der Waals surface area contributed by atoms with Gasteiger partial charge in [-0.2, -0.15) is 0 Å². The zero-order valence-corrected chi connectivity index (χ0v) is 17.8. The summed E-state index contributed by atoms with van der Waals surface area (Å²) >= 11 is 0. The lowest BCUT2D eigenvalue weighted by Crippen LogP contribution is -2.61. The Bertz CT molecular complexity index is 851. The van der Waals surface area contributed by atoms with E-state index in [-0.39, 0.29) is 0 Å². The summed E-state index contributed by atoms with van der Waals surface area (Å²) < 4.78 is 16.7. The fourth-order valence-electron chi connectivity index (χ4n) is 3.54. The van der Waals surface area contributed by atoms with Crippen LogP contribution in [0.25, 0.3) is 0 Å². The molecule has 0 aliphatic carbocycles. The lowest BCUT2D eigenvalue weighted by Gasteiger charge is -2.41. The highest BCUT2D eigenvalue weighted by atomic mass is 16.7. The Morgan fingerprint density at radius 3 is 2.19 bits per heavy atom. The van der Waals surface area contributed by atoms with Crippen molar-refractivity contribution in [2.75, 3.05) is 7.11 Å². The van der Waals surface area contributed by atoms with Gasteiger partial charge in [0, 0.05) is 6.42 Å². The molecule has 1 aliphatic heterocycles. The number of rotatable bonds is 7. The van der Waals surface area contributed by atoms with Gasteiger partial charge in [-0.1, -0.05) is 24.3 Å². The molecule has 2 aromatic rings. The Kier molecular flexibility index (Phi) is 7.53. The second-order valence-electron chi connectivity index (χ2n) is 7.87. The van der Waals surface area contributed by atoms with Crippen molar-refractivity contribution >= 4 is 0 Å². The van der Waals surface area contributed by atoms with Gasteiger partial charge in [-0.15, -0.1) is 0 Å². The van der Waals surface area contributed by atoms with E-state index in [1.807, 2.05) is 30.3 Å². The second-order valence-corrected chi connectivity index (χ2v) is 7.87. The van der Waals surface area contributed by atoms with E-state index >= 15 is 0 Å². The van der Waals surface area contributed by atoms with Gasteiger partial charge in [0.25, 0.3) is 0 Å². The largest absolute Gasteiger partial charge is 0.497 e. The number of benzene rings is 2. The quantitative estimate of drug-likeness (QED) is 0.435. The molecule has 0 aromatic heterocycles. The van der Waals surface area contributed by atoms with E-state index in [2.05, 4.69) is 0 Å². The molecule has 1 aliphatic rings. The third-order valence-corrected chi connectivity index (χ3v) is 5.45. The van der Waals surface area contributed by atoms with Crippen molar-refractivity contribution in [3.05, 3.63) is 59.2 Å². The van der Waals surface area contributed by atoms with Crippen LogP contribution < -0.4 is 9.47 Å². The molecule has 31 heavy (non-hydrogen) atoms. The zero-order valence-electron chi connectivity index (χ0n) is 17.8. The minimum atomic E-state index is -1.55. The van der Waals surface area contributed by atoms with Crippen molar-refractivity contribution < 1.29 is 39.7 Å². The summed E-state index contributed by atoms with van der Waals surface area (Å²) in [5, 5.41) is 50.5. The third-order valence-electron chi connectivity index (χ3n) is 5.45. The van der Waals surface area contributed by atoms with Crippen LogP contribution in [0.3, 0.4) is 0 Å². The number of hydrogen-bond donors (Lipinski definition) is 5. The summed E-state index contributed by atoms with van der Waals surface area (Å²) in [5.41, 5.74) is 2.35. The first kappa shape index (κ1) is 23.5. The SMILES string of the molecule is COc1ccc(Cc2ccc(C(C)O)cc2O[C@@H]2O[C@H]([C@@H](C)O)[C@@H](O)[C@H](O)[C@H]2O)cc1. The highest BCUT2D eigenvalue weighted by Crippen LogP contribution is 2.31. The highest BCUT2D eigenvalue weighted by Gasteiger charge is 2.46. The number of aliphatic hydroxyl groups excluding tert-OH is 5. The molecule has 1 unspecified atom stereocenters. The van der Waals surface area contributed by atoms with E-state index in [0.717, 1.165) is 16.9 Å². The van der Waals surface area contributed by atoms with Crippen molar-refractivity contribution in [3.63, 3.8) is 0 Å². The van der Waals surface area contributed by atoms with E-state index in [4.69, 9.17) is 14.2 Å². The smallest absolute Gasteiger partial charge is 0.229 e. The molecule has 5 N–H and O–H groups in total. The van der Waals surface area contributed by atoms with Crippen molar-refractivity contribution in [2.24, 2.45) is 0 Å². The first-order chi connectivity index (χ1) is 14.7. The topological polar surface area (TPSA) is 129 Å². The Hall–Kier alpha value is -2.20. The van der Waals surface area contributed by atoms with Crippen LogP contribution in [0.4, 0.5) is 0 Å². The van der Waals surface area contributed by atoms with Crippen molar-refractivity contribution in [2.45, 2.75) is 63.2 Å². The van der Waals surface area contributed by atoms with E-state index in [1.165, 1.54) is 6.92 Å². The molecule has 8 nitrogen and oxygen atoms in total. The van der Waals surface area contributed by atoms with E-state index in [1.54, 1.807) is 26.2 Å². The number of hydrogen-bond acceptors (Lipinski definition) is 8. The molecule has 0 spiro atoms. The normalized spacial score (nSPS) is 28.1. The van der Waals surface area contributed by atoms with Gasteiger partial charge in [0.15, 0.2) is 0 Å². The maximum atomic E-state index is 10.4. The highest BCUT2D eigenvalue weighted by molar-refractivity contribution is 5.42. The maximum Gasteiger partial charge on any atom is 0.229 e. The average Bonchev–Trinajstić information content (AvgIpc) is 2.75. The Morgan fingerprint density at radius 2 is 1.61 bits per heavy atom. The van der Waals surface area contributed by atoms with Crippen LogP contribution in [-0.4, -0.2) is 69.5 Å². The molecule has 0 bridgehead atoms. The van der Waals surface area contributed by atoms with Crippen LogP contribution >= 0.6 is 0 Å². The molecule has 1 fully saturated rings. The van der Waals surface area contributed by atoms with Gasteiger partial charge in [0.05, 0.1) is 19.3 Å². The first-order valence-corrected chi connectivity index (χ1v) is 10.2. The summed E-state index contributed by atoms with van der Waals surface area (Å²) in [7, 11) is 1.59. The van der Waals surface area contributed by atoms with Crippen LogP contribution in [0.15, 0.2) is 42.5 Å². The molecular formula is C23H30O8. The summed E-state index contributed by atoms with van der Waals surface area (Å²) in [6, 6.07) is 12.8. The van der Waals surface area contributed by atoms with Gasteiger partial charge in [-0.25, -0.2) is 0 Å². The van der Waals surface area contributed by atoms with Crippen molar-refractivity contribution in [3.8, 4) is 11.5 Å². The summed E-state index contributed by atoms with van der Waals surface area (Å²) in [5.74, 6) is 1.09. The predicted octanol–water partition coefficient (Wildman–Crippen LogP) is 0.906. The van der Waals surface area contributed by atoms with Crippen LogP contribution in [0.2, 0.25) is 0 Å². The van der Waals surface area contributed by atoms with Gasteiger partial charge in [0.1, 0.15) is 35.9 Å². The molecule has 2 aromatic carbocycles. The zero-order chi connectivity index (χ0) is 22.7. The molecule has 0 saturated carbocycles. The molecule has 7 atom stereocenters. The van der Waals surface area contributed by atoms with Gasteiger partial charge >= 0.3 is 0 Å². The monoisotopic (exact) mass is 434 g/mol. The number of aliphatic hydroxyl groups is 5. The van der Waals surface area contributed by atoms with Crippen LogP contribution in [0.5, 0.6) is 11.5 Å². The summed E-state index contributed by atoms with van der Waals surface area (Å²) in [6.07, 6.45) is -8.34. The van der Waals surface area contributed by atoms with Gasteiger partial charge in [0.2, 0.25) is 6.29 Å². The van der Waals surface area contributed by atoms with Gasteiger partial charge in [-0.05, 0) is 48.7 Å². The second kappa shape index (κ2) is 9.95. The molecule has 3 rings (SSSR count). The maximum absolute atomic E-state index is 10.4. The van der Waals surface area contributed by atoms with Gasteiger partial charge < -0.3 is 39.7 Å². The Morgan fingerprint density at radius 1 is 0.935 bits per heavy atom. The molecule has 1 saturated heterocycles. The molecule has 0 amide bonds. The van der Waals surface area contributed by atoms with Crippen molar-refractivity contribution in [1.82, 2.24) is 0 Å². The Balaban J connectivity index is 1.89. The lowest BCUT2D eigenvalue weighted by molar-refractivity contribution is -0.286. The summed E-state index contributed by atoms with van der Waals surface area (Å²) in [4.78, 5) is 0. The molecule has 1 heterocycles. The standard InChI is InChI=1S/C23H30O8/c1-12(24)15-6-7-16(10-14-4-8-17(29-3)9-5-14)18(11-15)30-23-21(28)19(26)20(27)22(31-23)13(2)25/h4-9,11-13,19-28H,10H2,1-3H3/t12?,13-,19+,20+,21-,22-,23-/m1/s1. The molecule has 8 heteroatoms. The van der Waals surface area contributed by atoms with E-state index in [9.17, 15) is 25.5 Å².